The molecule has 2 fully saturated rings. The highest BCUT2D eigenvalue weighted by Crippen LogP contribution is 2.28. The Morgan fingerprint density at radius 1 is 1.10 bits per heavy atom. The molecule has 2 unspecified atom stereocenters. The van der Waals surface area contributed by atoms with Gasteiger partial charge in [-0.1, -0.05) is 26.7 Å². The maximum Gasteiger partial charge on any atom is 0.317 e. The fourth-order valence-corrected chi connectivity index (χ4v) is 3.57. The van der Waals surface area contributed by atoms with Crippen molar-refractivity contribution in [1.82, 2.24) is 10.2 Å². The van der Waals surface area contributed by atoms with E-state index >= 15 is 0 Å². The smallest absolute Gasteiger partial charge is 0.317 e. The quantitative estimate of drug-likeness (QED) is 0.841. The van der Waals surface area contributed by atoms with Crippen molar-refractivity contribution >= 4 is 12.0 Å². The zero-order valence-corrected chi connectivity index (χ0v) is 13.2. The van der Waals surface area contributed by atoms with Crippen LogP contribution in [0.25, 0.3) is 0 Å². The Labute approximate surface area is 127 Å². The van der Waals surface area contributed by atoms with Gasteiger partial charge in [0.25, 0.3) is 0 Å². The molecule has 0 aromatic carbocycles. The summed E-state index contributed by atoms with van der Waals surface area (Å²) >= 11 is 0. The van der Waals surface area contributed by atoms with Gasteiger partial charge in [0.1, 0.15) is 0 Å². The average Bonchev–Trinajstić information content (AvgIpc) is 2.45. The Morgan fingerprint density at radius 2 is 1.76 bits per heavy atom. The minimum absolute atomic E-state index is 0.0913. The second-order valence-electron chi connectivity index (χ2n) is 7.09. The van der Waals surface area contributed by atoms with Crippen molar-refractivity contribution in [2.24, 2.45) is 23.7 Å². The van der Waals surface area contributed by atoms with E-state index in [4.69, 9.17) is 5.11 Å². The van der Waals surface area contributed by atoms with Gasteiger partial charge in [0.2, 0.25) is 0 Å². The van der Waals surface area contributed by atoms with Gasteiger partial charge in [-0.2, -0.15) is 0 Å². The number of nitrogens with one attached hydrogen (secondary N) is 1. The van der Waals surface area contributed by atoms with Crippen LogP contribution >= 0.6 is 0 Å². The van der Waals surface area contributed by atoms with Crippen molar-refractivity contribution in [2.75, 3.05) is 19.6 Å². The molecule has 1 heterocycles. The van der Waals surface area contributed by atoms with Crippen LogP contribution in [0.5, 0.6) is 0 Å². The number of aliphatic carboxylic acids is 1. The lowest BCUT2D eigenvalue weighted by atomic mass is 9.83. The molecular formula is C16H28N2O3. The van der Waals surface area contributed by atoms with E-state index in [1.54, 1.807) is 4.90 Å². The topological polar surface area (TPSA) is 69.6 Å². The van der Waals surface area contributed by atoms with Crippen molar-refractivity contribution < 1.29 is 14.7 Å². The van der Waals surface area contributed by atoms with Gasteiger partial charge >= 0.3 is 12.0 Å². The van der Waals surface area contributed by atoms with Crippen LogP contribution in [0.3, 0.4) is 0 Å². The number of piperidine rings is 1. The number of nitrogens with zero attached hydrogens (tertiary/aromatic N) is 1. The van der Waals surface area contributed by atoms with Gasteiger partial charge in [-0.05, 0) is 37.0 Å². The molecule has 1 saturated carbocycles. The summed E-state index contributed by atoms with van der Waals surface area (Å²) < 4.78 is 0. The summed E-state index contributed by atoms with van der Waals surface area (Å²) in [6, 6.07) is -0.0913. The molecule has 5 nitrogen and oxygen atoms in total. The predicted molar refractivity (Wildman–Crippen MR) is 81.0 cm³/mol. The van der Waals surface area contributed by atoms with Crippen LogP contribution in [0.15, 0.2) is 0 Å². The molecule has 0 spiro atoms. The van der Waals surface area contributed by atoms with Gasteiger partial charge in [0.15, 0.2) is 0 Å². The van der Waals surface area contributed by atoms with Crippen molar-refractivity contribution in [3.63, 3.8) is 0 Å². The fourth-order valence-electron chi connectivity index (χ4n) is 3.57. The van der Waals surface area contributed by atoms with Gasteiger partial charge in [0, 0.05) is 19.6 Å². The monoisotopic (exact) mass is 296 g/mol. The molecular weight excluding hydrogens is 268 g/mol. The summed E-state index contributed by atoms with van der Waals surface area (Å²) in [6.07, 6.45) is 5.55. The average molecular weight is 296 g/mol. The third-order valence-electron chi connectivity index (χ3n) is 4.97. The molecule has 1 saturated heterocycles. The lowest BCUT2D eigenvalue weighted by Gasteiger charge is -2.35. The minimum atomic E-state index is -0.791. The number of hydrogen-bond acceptors (Lipinski definition) is 2. The van der Waals surface area contributed by atoms with Crippen LogP contribution in [0, 0.1) is 23.7 Å². The van der Waals surface area contributed by atoms with Gasteiger partial charge in [-0.25, -0.2) is 4.79 Å². The molecule has 0 aromatic rings. The molecule has 2 N–H and O–H groups in total. The normalized spacial score (nSPS) is 33.5. The number of carbonyl (C=O) groups excluding carboxylic acids is 1. The minimum Gasteiger partial charge on any atom is -0.481 e. The Hall–Kier alpha value is -1.26. The highest BCUT2D eigenvalue weighted by Gasteiger charge is 2.32. The molecule has 2 aliphatic rings. The van der Waals surface area contributed by atoms with Crippen LogP contribution in [0.1, 0.15) is 46.0 Å². The molecule has 1 aliphatic carbocycles. The molecule has 0 aromatic heterocycles. The summed E-state index contributed by atoms with van der Waals surface area (Å²) in [5.41, 5.74) is 0. The first-order valence-electron chi connectivity index (χ1n) is 8.21. The van der Waals surface area contributed by atoms with Gasteiger partial charge < -0.3 is 15.3 Å². The second kappa shape index (κ2) is 7.14. The fraction of sp³-hybridized carbons (Fsp3) is 0.875. The number of hydrogen-bond donors (Lipinski definition) is 2. The standard InChI is InChI=1S/C16H28N2O3/c1-11-3-5-13(6-4-11)8-17-16(21)18-9-12(2)7-14(10-18)15(19)20/h11-14H,3-10H2,1-2H3,(H,17,21)(H,19,20). The summed E-state index contributed by atoms with van der Waals surface area (Å²) in [5, 5.41) is 12.2. The number of carboxylic acids is 1. The maximum atomic E-state index is 12.2. The van der Waals surface area contributed by atoms with Gasteiger partial charge in [0.05, 0.1) is 5.92 Å². The molecule has 0 radical (unpaired) electrons. The van der Waals surface area contributed by atoms with E-state index in [1.807, 2.05) is 6.92 Å². The van der Waals surface area contributed by atoms with E-state index < -0.39 is 11.9 Å². The van der Waals surface area contributed by atoms with E-state index in [2.05, 4.69) is 12.2 Å². The summed E-state index contributed by atoms with van der Waals surface area (Å²) in [4.78, 5) is 25.1. The number of rotatable bonds is 3. The molecule has 1 aliphatic heterocycles. The lowest BCUT2D eigenvalue weighted by molar-refractivity contribution is -0.143. The Kier molecular flexibility index (Phi) is 5.48. The summed E-state index contributed by atoms with van der Waals surface area (Å²) in [7, 11) is 0. The van der Waals surface area contributed by atoms with E-state index in [-0.39, 0.29) is 11.9 Å². The molecule has 2 atom stereocenters. The zero-order chi connectivity index (χ0) is 15.4. The Morgan fingerprint density at radius 3 is 2.38 bits per heavy atom. The van der Waals surface area contributed by atoms with Crippen molar-refractivity contribution in [1.29, 1.82) is 0 Å². The van der Waals surface area contributed by atoms with E-state index in [0.29, 0.717) is 25.4 Å². The number of likely N-dealkylation sites (tertiary alicyclic amines) is 1. The van der Waals surface area contributed by atoms with Crippen LogP contribution < -0.4 is 5.32 Å². The summed E-state index contributed by atoms with van der Waals surface area (Å²) in [5.74, 6) is 0.440. The van der Waals surface area contributed by atoms with Crippen LogP contribution in [-0.4, -0.2) is 41.6 Å². The maximum absolute atomic E-state index is 12.2. The SMILES string of the molecule is CC1CCC(CNC(=O)N2CC(C)CC(C(=O)O)C2)CC1. The first-order chi connectivity index (χ1) is 9.95. The van der Waals surface area contributed by atoms with E-state index in [0.717, 1.165) is 12.5 Å². The number of urea groups is 1. The van der Waals surface area contributed by atoms with Crippen molar-refractivity contribution in [3.8, 4) is 0 Å². The highest BCUT2D eigenvalue weighted by atomic mass is 16.4. The number of amides is 2. The van der Waals surface area contributed by atoms with Crippen LogP contribution in [0.4, 0.5) is 4.79 Å². The number of carboxylic acid groups (broad SMARTS) is 1. The second-order valence-corrected chi connectivity index (χ2v) is 7.09. The van der Waals surface area contributed by atoms with E-state index in [9.17, 15) is 9.59 Å². The molecule has 5 heteroatoms. The third-order valence-corrected chi connectivity index (χ3v) is 4.97. The van der Waals surface area contributed by atoms with Crippen LogP contribution in [-0.2, 0) is 4.79 Å². The van der Waals surface area contributed by atoms with Crippen molar-refractivity contribution in [3.05, 3.63) is 0 Å². The first-order valence-corrected chi connectivity index (χ1v) is 8.21. The third kappa shape index (κ3) is 4.61. The highest BCUT2D eigenvalue weighted by molar-refractivity contribution is 5.76. The van der Waals surface area contributed by atoms with Gasteiger partial charge in [-0.3, -0.25) is 4.79 Å². The Balaban J connectivity index is 1.78. The van der Waals surface area contributed by atoms with Crippen LogP contribution in [0.2, 0.25) is 0 Å². The zero-order valence-electron chi connectivity index (χ0n) is 13.2. The Bertz CT molecular complexity index is 378. The first kappa shape index (κ1) is 16.1. The molecule has 2 rings (SSSR count). The molecule has 0 bridgehead atoms. The summed E-state index contributed by atoms with van der Waals surface area (Å²) in [6.45, 7) is 6.03. The van der Waals surface area contributed by atoms with Gasteiger partial charge in [-0.15, -0.1) is 0 Å². The number of carbonyl (C=O) groups is 2. The van der Waals surface area contributed by atoms with Crippen molar-refractivity contribution in [2.45, 2.75) is 46.0 Å². The largest absolute Gasteiger partial charge is 0.481 e. The molecule has 21 heavy (non-hydrogen) atoms. The lowest BCUT2D eigenvalue weighted by Crippen LogP contribution is -2.50. The molecule has 120 valence electrons. The predicted octanol–water partition coefficient (Wildman–Crippen LogP) is 2.56. The van der Waals surface area contributed by atoms with E-state index in [1.165, 1.54) is 25.7 Å². The molecule has 2 amide bonds.